The molecule has 1 aliphatic rings. The topological polar surface area (TPSA) is 64.0 Å². The molecule has 2 aromatic rings. The van der Waals surface area contributed by atoms with Crippen LogP contribution in [0.5, 0.6) is 0 Å². The lowest BCUT2D eigenvalue weighted by Gasteiger charge is -2.14. The average molecular weight is 283 g/mol. The zero-order valence-corrected chi connectivity index (χ0v) is 12.3. The first-order valence-corrected chi connectivity index (χ1v) is 6.87. The van der Waals surface area contributed by atoms with Crippen LogP contribution in [0.3, 0.4) is 0 Å². The van der Waals surface area contributed by atoms with Gasteiger partial charge in [0.15, 0.2) is 11.8 Å². The van der Waals surface area contributed by atoms with Crippen LogP contribution in [0.15, 0.2) is 36.5 Å². The highest BCUT2D eigenvalue weighted by molar-refractivity contribution is 6.14. The summed E-state index contributed by atoms with van der Waals surface area (Å²) in [6, 6.07) is 8.89. The smallest absolute Gasteiger partial charge is 0.253 e. The molecule has 1 unspecified atom stereocenters. The largest absolute Gasteiger partial charge is 0.342 e. The summed E-state index contributed by atoms with van der Waals surface area (Å²) >= 11 is 0. The molecule has 0 bridgehead atoms. The minimum Gasteiger partial charge on any atom is -0.342 e. The van der Waals surface area contributed by atoms with E-state index >= 15 is 0 Å². The fraction of sp³-hybridized carbons (Fsp3) is 0.312. The Labute approximate surface area is 123 Å². The number of carbonyl (C=O) groups excluding carboxylic acids is 2. The molecular weight excluding hydrogens is 266 g/mol. The maximum Gasteiger partial charge on any atom is 0.253 e. The zero-order chi connectivity index (χ0) is 15.2. The Kier molecular flexibility index (Phi) is 2.93. The van der Waals surface area contributed by atoms with Crippen LogP contribution in [0.4, 0.5) is 0 Å². The molecule has 1 aliphatic heterocycles. The third-order valence-corrected chi connectivity index (χ3v) is 3.74. The minimum absolute atomic E-state index is 0.161. The maximum absolute atomic E-state index is 12.3. The van der Waals surface area contributed by atoms with E-state index in [2.05, 4.69) is 10.4 Å². The number of aromatic nitrogens is 2. The minimum atomic E-state index is -0.876. The number of hydrogen-bond donors (Lipinski definition) is 1. The van der Waals surface area contributed by atoms with Gasteiger partial charge in [0, 0.05) is 11.8 Å². The third-order valence-electron chi connectivity index (χ3n) is 3.74. The molecule has 1 N–H and O–H groups in total. The zero-order valence-electron chi connectivity index (χ0n) is 12.3. The van der Waals surface area contributed by atoms with E-state index in [9.17, 15) is 9.59 Å². The van der Waals surface area contributed by atoms with Crippen molar-refractivity contribution in [3.8, 4) is 11.3 Å². The number of hydrogen-bond acceptors (Lipinski definition) is 3. The Morgan fingerprint density at radius 2 is 2.00 bits per heavy atom. The first-order chi connectivity index (χ1) is 9.88. The number of Topliss-reactive ketones (excluding diaryl/α,β-unsaturated/α-hetero) is 1. The van der Waals surface area contributed by atoms with Gasteiger partial charge in [0.1, 0.15) is 0 Å². The van der Waals surface area contributed by atoms with E-state index in [0.29, 0.717) is 0 Å². The molecule has 1 atom stereocenters. The van der Waals surface area contributed by atoms with E-state index in [1.54, 1.807) is 20.0 Å². The van der Waals surface area contributed by atoms with E-state index in [1.165, 1.54) is 4.68 Å². The van der Waals surface area contributed by atoms with Crippen LogP contribution in [0.2, 0.25) is 0 Å². The fourth-order valence-corrected chi connectivity index (χ4v) is 2.58. The average Bonchev–Trinajstić information content (AvgIpc) is 2.94. The molecule has 1 fully saturated rings. The van der Waals surface area contributed by atoms with Gasteiger partial charge < -0.3 is 5.32 Å². The molecule has 21 heavy (non-hydrogen) atoms. The van der Waals surface area contributed by atoms with Gasteiger partial charge in [-0.2, -0.15) is 5.10 Å². The number of ketones is 1. The predicted molar refractivity (Wildman–Crippen MR) is 78.7 cm³/mol. The normalized spacial score (nSPS) is 20.6. The number of nitrogens with one attached hydrogen (secondary N) is 1. The highest BCUT2D eigenvalue weighted by Crippen LogP contribution is 2.26. The summed E-state index contributed by atoms with van der Waals surface area (Å²) in [4.78, 5) is 24.3. The molecule has 1 aromatic carbocycles. The van der Waals surface area contributed by atoms with Crippen molar-refractivity contribution in [1.29, 1.82) is 0 Å². The van der Waals surface area contributed by atoms with E-state index in [0.717, 1.165) is 16.8 Å². The summed E-state index contributed by atoms with van der Waals surface area (Å²) in [5, 5.41) is 7.11. The number of amides is 1. The second kappa shape index (κ2) is 4.55. The lowest BCUT2D eigenvalue weighted by atomic mass is 10.00. The molecule has 3 rings (SSSR count). The summed E-state index contributed by atoms with van der Waals surface area (Å²) < 4.78 is 1.45. The molecular formula is C16H17N3O2. The summed E-state index contributed by atoms with van der Waals surface area (Å²) in [6.07, 6.45) is 1.68. The predicted octanol–water partition coefficient (Wildman–Crippen LogP) is 1.88. The first-order valence-electron chi connectivity index (χ1n) is 6.87. The number of benzene rings is 1. The molecule has 0 saturated carbocycles. The molecule has 1 saturated heterocycles. The fourth-order valence-electron chi connectivity index (χ4n) is 2.58. The van der Waals surface area contributed by atoms with Crippen molar-refractivity contribution in [3.63, 3.8) is 0 Å². The molecule has 108 valence electrons. The molecule has 5 nitrogen and oxygen atoms in total. The standard InChI is InChI=1S/C16H17N3O2/c1-10-5-4-6-11(9-10)12-7-8-19(18-12)13-14(20)16(2,3)17-15(13)21/h4-9,13H,1-3H3,(H,17,21). The van der Waals surface area contributed by atoms with Gasteiger partial charge in [-0.15, -0.1) is 0 Å². The molecule has 1 amide bonds. The van der Waals surface area contributed by atoms with E-state index in [4.69, 9.17) is 0 Å². The lowest BCUT2D eigenvalue weighted by Crippen LogP contribution is -2.39. The second-order valence-electron chi connectivity index (χ2n) is 5.93. The van der Waals surface area contributed by atoms with Crippen molar-refractivity contribution >= 4 is 11.7 Å². The summed E-state index contributed by atoms with van der Waals surface area (Å²) in [5.74, 6) is -0.463. The van der Waals surface area contributed by atoms with Crippen LogP contribution in [0.1, 0.15) is 25.5 Å². The van der Waals surface area contributed by atoms with Crippen molar-refractivity contribution in [2.24, 2.45) is 0 Å². The Morgan fingerprint density at radius 1 is 1.24 bits per heavy atom. The van der Waals surface area contributed by atoms with Crippen molar-refractivity contribution in [3.05, 3.63) is 42.1 Å². The first kappa shape index (κ1) is 13.5. The summed E-state index contributed by atoms with van der Waals surface area (Å²) in [7, 11) is 0. The van der Waals surface area contributed by atoms with Gasteiger partial charge in [0.05, 0.1) is 11.2 Å². The lowest BCUT2D eigenvalue weighted by molar-refractivity contribution is -0.127. The van der Waals surface area contributed by atoms with Gasteiger partial charge in [-0.05, 0) is 32.9 Å². The SMILES string of the molecule is Cc1cccc(-c2ccn(C3C(=O)NC(C)(C)C3=O)n2)c1. The Balaban J connectivity index is 1.96. The summed E-state index contributed by atoms with van der Waals surface area (Å²) in [5.41, 5.74) is 2.03. The number of rotatable bonds is 2. The Bertz CT molecular complexity index is 731. The van der Waals surface area contributed by atoms with Gasteiger partial charge in [-0.1, -0.05) is 23.8 Å². The van der Waals surface area contributed by atoms with E-state index in [-0.39, 0.29) is 11.7 Å². The maximum atomic E-state index is 12.3. The molecule has 2 heterocycles. The van der Waals surface area contributed by atoms with Crippen LogP contribution >= 0.6 is 0 Å². The molecule has 0 spiro atoms. The highest BCUT2D eigenvalue weighted by atomic mass is 16.2. The number of aryl methyl sites for hydroxylation is 1. The van der Waals surface area contributed by atoms with E-state index in [1.807, 2.05) is 37.3 Å². The number of carbonyl (C=O) groups is 2. The van der Waals surface area contributed by atoms with Gasteiger partial charge in [0.2, 0.25) is 0 Å². The molecule has 0 radical (unpaired) electrons. The van der Waals surface area contributed by atoms with E-state index < -0.39 is 11.6 Å². The highest BCUT2D eigenvalue weighted by Gasteiger charge is 2.47. The van der Waals surface area contributed by atoms with Gasteiger partial charge in [-0.25, -0.2) is 0 Å². The van der Waals surface area contributed by atoms with Crippen LogP contribution < -0.4 is 5.32 Å². The molecule has 5 heteroatoms. The van der Waals surface area contributed by atoms with Crippen molar-refractivity contribution in [1.82, 2.24) is 15.1 Å². The van der Waals surface area contributed by atoms with Crippen LogP contribution in [-0.4, -0.2) is 27.0 Å². The monoisotopic (exact) mass is 283 g/mol. The van der Waals surface area contributed by atoms with Gasteiger partial charge in [0.25, 0.3) is 5.91 Å². The Morgan fingerprint density at radius 3 is 2.62 bits per heavy atom. The van der Waals surface area contributed by atoms with Crippen LogP contribution in [-0.2, 0) is 9.59 Å². The summed E-state index contributed by atoms with van der Waals surface area (Å²) in [6.45, 7) is 5.42. The van der Waals surface area contributed by atoms with Crippen molar-refractivity contribution < 1.29 is 9.59 Å². The second-order valence-corrected chi connectivity index (χ2v) is 5.93. The van der Waals surface area contributed by atoms with Crippen molar-refractivity contribution in [2.45, 2.75) is 32.4 Å². The number of nitrogens with zero attached hydrogens (tertiary/aromatic N) is 2. The quantitative estimate of drug-likeness (QED) is 0.856. The molecule has 0 aliphatic carbocycles. The van der Waals surface area contributed by atoms with Crippen molar-refractivity contribution in [2.75, 3.05) is 0 Å². The van der Waals surface area contributed by atoms with Crippen LogP contribution in [0, 0.1) is 6.92 Å². The third kappa shape index (κ3) is 2.24. The molecule has 1 aromatic heterocycles. The van der Waals surface area contributed by atoms with Gasteiger partial charge in [-0.3, -0.25) is 14.3 Å². The Hall–Kier alpha value is -2.43. The van der Waals surface area contributed by atoms with Gasteiger partial charge >= 0.3 is 0 Å². The van der Waals surface area contributed by atoms with Crippen LogP contribution in [0.25, 0.3) is 11.3 Å².